The number of hydrogen-bond acceptors (Lipinski definition) is 4. The van der Waals surface area contributed by atoms with Gasteiger partial charge in [-0.25, -0.2) is 4.98 Å². The fourth-order valence-electron chi connectivity index (χ4n) is 2.68. The predicted octanol–water partition coefficient (Wildman–Crippen LogP) is 3.36. The number of aromatic nitrogens is 1. The third-order valence-corrected chi connectivity index (χ3v) is 4.53. The molecule has 1 aromatic carbocycles. The van der Waals surface area contributed by atoms with Crippen molar-refractivity contribution in [3.8, 4) is 5.75 Å². The average molecular weight is 366 g/mol. The number of nitrogens with zero attached hydrogens (tertiary/aromatic N) is 3. The molecule has 1 saturated heterocycles. The molecule has 2 heterocycles. The van der Waals surface area contributed by atoms with Crippen molar-refractivity contribution in [2.24, 2.45) is 0 Å². The van der Waals surface area contributed by atoms with Crippen LogP contribution in [0.1, 0.15) is 10.5 Å². The van der Waals surface area contributed by atoms with Crippen molar-refractivity contribution in [3.05, 3.63) is 52.3 Å². The highest BCUT2D eigenvalue weighted by Gasteiger charge is 2.25. The summed E-state index contributed by atoms with van der Waals surface area (Å²) in [4.78, 5) is 20.6. The molecular formula is C17H17Cl2N3O2. The van der Waals surface area contributed by atoms with Gasteiger partial charge in [-0.15, -0.1) is 0 Å². The molecule has 0 aliphatic carbocycles. The van der Waals surface area contributed by atoms with Gasteiger partial charge in [-0.3, -0.25) is 4.79 Å². The lowest BCUT2D eigenvalue weighted by molar-refractivity contribution is 0.0741. The summed E-state index contributed by atoms with van der Waals surface area (Å²) < 4.78 is 5.17. The van der Waals surface area contributed by atoms with E-state index in [2.05, 4.69) is 9.88 Å². The largest absolute Gasteiger partial charge is 0.497 e. The van der Waals surface area contributed by atoms with E-state index in [1.165, 1.54) is 0 Å². The van der Waals surface area contributed by atoms with E-state index < -0.39 is 0 Å². The predicted molar refractivity (Wildman–Crippen MR) is 95.4 cm³/mol. The highest BCUT2D eigenvalue weighted by atomic mass is 35.5. The van der Waals surface area contributed by atoms with Crippen molar-refractivity contribution in [1.29, 1.82) is 0 Å². The number of pyridine rings is 1. The number of anilines is 1. The smallest absolute Gasteiger partial charge is 0.274 e. The van der Waals surface area contributed by atoms with Gasteiger partial charge in [0.05, 0.1) is 12.1 Å². The lowest BCUT2D eigenvalue weighted by Gasteiger charge is -2.36. The lowest BCUT2D eigenvalue weighted by atomic mass is 10.2. The van der Waals surface area contributed by atoms with Gasteiger partial charge in [-0.05, 0) is 36.4 Å². The Labute approximate surface area is 150 Å². The number of piperazine rings is 1. The van der Waals surface area contributed by atoms with Gasteiger partial charge < -0.3 is 14.5 Å². The topological polar surface area (TPSA) is 45.7 Å². The number of benzene rings is 1. The van der Waals surface area contributed by atoms with Gasteiger partial charge in [0.15, 0.2) is 0 Å². The van der Waals surface area contributed by atoms with E-state index in [4.69, 9.17) is 27.9 Å². The Balaban J connectivity index is 1.65. The first-order valence-electron chi connectivity index (χ1n) is 7.59. The van der Waals surface area contributed by atoms with Crippen LogP contribution in [0.15, 0.2) is 36.4 Å². The van der Waals surface area contributed by atoms with Crippen molar-refractivity contribution in [2.45, 2.75) is 0 Å². The second kappa shape index (κ2) is 7.28. The lowest BCUT2D eigenvalue weighted by Crippen LogP contribution is -2.49. The molecule has 1 aliphatic heterocycles. The van der Waals surface area contributed by atoms with E-state index in [0.717, 1.165) is 24.5 Å². The van der Waals surface area contributed by atoms with Gasteiger partial charge in [-0.1, -0.05) is 23.2 Å². The normalized spacial score (nSPS) is 14.6. The van der Waals surface area contributed by atoms with Crippen LogP contribution >= 0.6 is 23.2 Å². The van der Waals surface area contributed by atoms with Crippen LogP contribution in [0.3, 0.4) is 0 Å². The number of halogens is 2. The number of ether oxygens (including phenoxy) is 1. The summed E-state index contributed by atoms with van der Waals surface area (Å²) in [7, 11) is 1.65. The molecule has 3 rings (SSSR count). The van der Waals surface area contributed by atoms with Crippen molar-refractivity contribution in [1.82, 2.24) is 9.88 Å². The summed E-state index contributed by atoms with van der Waals surface area (Å²) in [5.41, 5.74) is 1.32. The van der Waals surface area contributed by atoms with E-state index in [0.29, 0.717) is 18.1 Å². The van der Waals surface area contributed by atoms with Crippen molar-refractivity contribution in [2.75, 3.05) is 38.2 Å². The van der Waals surface area contributed by atoms with E-state index in [-0.39, 0.29) is 16.8 Å². The fraction of sp³-hybridized carbons (Fsp3) is 0.294. The summed E-state index contributed by atoms with van der Waals surface area (Å²) >= 11 is 11.9. The number of rotatable bonds is 3. The van der Waals surface area contributed by atoms with Crippen LogP contribution in [0.4, 0.5) is 5.69 Å². The Morgan fingerprint density at radius 1 is 1.04 bits per heavy atom. The van der Waals surface area contributed by atoms with Crippen LogP contribution in [0.5, 0.6) is 5.75 Å². The average Bonchev–Trinajstić information content (AvgIpc) is 2.63. The van der Waals surface area contributed by atoms with Crippen LogP contribution in [0, 0.1) is 0 Å². The first kappa shape index (κ1) is 16.9. The maximum Gasteiger partial charge on any atom is 0.274 e. The van der Waals surface area contributed by atoms with Crippen LogP contribution < -0.4 is 9.64 Å². The number of amides is 1. The van der Waals surface area contributed by atoms with Crippen molar-refractivity contribution in [3.63, 3.8) is 0 Å². The van der Waals surface area contributed by atoms with E-state index in [1.807, 2.05) is 24.3 Å². The molecule has 1 amide bonds. The molecule has 0 radical (unpaired) electrons. The number of carbonyl (C=O) groups excluding carboxylic acids is 1. The summed E-state index contributed by atoms with van der Waals surface area (Å²) in [6.07, 6.45) is 0. The molecule has 126 valence electrons. The highest BCUT2D eigenvalue weighted by Crippen LogP contribution is 2.22. The monoisotopic (exact) mass is 365 g/mol. The Morgan fingerprint density at radius 3 is 2.33 bits per heavy atom. The maximum atomic E-state index is 12.6. The van der Waals surface area contributed by atoms with E-state index in [1.54, 1.807) is 24.1 Å². The molecule has 7 heteroatoms. The Bertz CT molecular complexity index is 729. The summed E-state index contributed by atoms with van der Waals surface area (Å²) in [6.45, 7) is 2.71. The SMILES string of the molecule is COc1ccc(N2CCN(C(=O)c3nc(Cl)ccc3Cl)CC2)cc1. The molecule has 1 fully saturated rings. The summed E-state index contributed by atoms with van der Waals surface area (Å²) in [5.74, 6) is 0.645. The number of carbonyl (C=O) groups is 1. The third kappa shape index (κ3) is 3.57. The molecular weight excluding hydrogens is 349 g/mol. The zero-order valence-electron chi connectivity index (χ0n) is 13.2. The minimum Gasteiger partial charge on any atom is -0.497 e. The first-order chi connectivity index (χ1) is 11.6. The Morgan fingerprint density at radius 2 is 1.71 bits per heavy atom. The second-order valence-electron chi connectivity index (χ2n) is 5.44. The summed E-state index contributed by atoms with van der Waals surface area (Å²) in [6, 6.07) is 11.1. The molecule has 0 saturated carbocycles. The fourth-order valence-corrected chi connectivity index (χ4v) is 3.01. The quantitative estimate of drug-likeness (QED) is 0.782. The first-order valence-corrected chi connectivity index (χ1v) is 8.34. The summed E-state index contributed by atoms with van der Waals surface area (Å²) in [5, 5.41) is 0.585. The van der Waals surface area contributed by atoms with Gasteiger partial charge in [-0.2, -0.15) is 0 Å². The zero-order chi connectivity index (χ0) is 17.1. The molecule has 0 spiro atoms. The Kier molecular flexibility index (Phi) is 5.11. The van der Waals surface area contributed by atoms with Crippen LogP contribution in [-0.2, 0) is 0 Å². The number of methoxy groups -OCH3 is 1. The molecule has 2 aromatic rings. The van der Waals surface area contributed by atoms with Gasteiger partial charge in [0.25, 0.3) is 5.91 Å². The van der Waals surface area contributed by atoms with Gasteiger partial charge in [0.1, 0.15) is 16.6 Å². The van der Waals surface area contributed by atoms with Crippen molar-refractivity contribution < 1.29 is 9.53 Å². The highest BCUT2D eigenvalue weighted by molar-refractivity contribution is 6.34. The van der Waals surface area contributed by atoms with Crippen LogP contribution in [-0.4, -0.2) is 49.1 Å². The van der Waals surface area contributed by atoms with E-state index >= 15 is 0 Å². The number of hydrogen-bond donors (Lipinski definition) is 0. The van der Waals surface area contributed by atoms with Crippen LogP contribution in [0.2, 0.25) is 10.2 Å². The minimum atomic E-state index is -0.183. The molecule has 0 unspecified atom stereocenters. The third-order valence-electron chi connectivity index (χ3n) is 4.02. The molecule has 1 aliphatic rings. The van der Waals surface area contributed by atoms with E-state index in [9.17, 15) is 4.79 Å². The second-order valence-corrected chi connectivity index (χ2v) is 6.24. The minimum absolute atomic E-state index is 0.183. The maximum absolute atomic E-state index is 12.6. The standard InChI is InChI=1S/C17H17Cl2N3O2/c1-24-13-4-2-12(3-5-13)21-8-10-22(11-9-21)17(23)16-14(18)6-7-15(19)20-16/h2-7H,8-11H2,1H3. The van der Waals surface area contributed by atoms with Gasteiger partial charge >= 0.3 is 0 Å². The molecule has 24 heavy (non-hydrogen) atoms. The molecule has 5 nitrogen and oxygen atoms in total. The van der Waals surface area contributed by atoms with Crippen LogP contribution in [0.25, 0.3) is 0 Å². The van der Waals surface area contributed by atoms with Crippen molar-refractivity contribution >= 4 is 34.8 Å². The molecule has 0 atom stereocenters. The molecule has 0 bridgehead atoms. The molecule has 0 N–H and O–H groups in total. The van der Waals surface area contributed by atoms with Gasteiger partial charge in [0.2, 0.25) is 0 Å². The molecule has 1 aromatic heterocycles. The van der Waals surface area contributed by atoms with Gasteiger partial charge in [0, 0.05) is 31.9 Å². The Hall–Kier alpha value is -1.98. The zero-order valence-corrected chi connectivity index (χ0v) is 14.7.